The molecular weight excluding hydrogens is 458 g/mol. The fourth-order valence-corrected chi connectivity index (χ4v) is 4.87. The van der Waals surface area contributed by atoms with E-state index in [1.807, 2.05) is 19.1 Å². The van der Waals surface area contributed by atoms with E-state index in [0.717, 1.165) is 44.1 Å². The number of hydrogen-bond donors (Lipinski definition) is 2. The van der Waals surface area contributed by atoms with Gasteiger partial charge in [-0.15, -0.1) is 0 Å². The Balaban J connectivity index is 1.64. The molecule has 3 amide bonds. The summed E-state index contributed by atoms with van der Waals surface area (Å²) in [5.74, 6) is -1.21. The van der Waals surface area contributed by atoms with Crippen molar-refractivity contribution >= 4 is 23.4 Å². The second-order valence-electron chi connectivity index (χ2n) is 9.58. The molecule has 0 bridgehead atoms. The van der Waals surface area contributed by atoms with Crippen molar-refractivity contribution in [1.82, 2.24) is 10.2 Å². The molecule has 2 aromatic rings. The van der Waals surface area contributed by atoms with E-state index in [0.29, 0.717) is 23.6 Å². The number of benzene rings is 2. The molecule has 4 rings (SSSR count). The quantitative estimate of drug-likeness (QED) is 0.546. The van der Waals surface area contributed by atoms with Gasteiger partial charge >= 0.3 is 11.8 Å². The maximum absolute atomic E-state index is 13.7. The second-order valence-corrected chi connectivity index (χ2v) is 9.58. The second kappa shape index (κ2) is 12.0. The molecule has 0 aromatic heterocycles. The summed E-state index contributed by atoms with van der Waals surface area (Å²) < 4.78 is 11.1. The minimum absolute atomic E-state index is 0.0688. The zero-order chi connectivity index (χ0) is 25.5. The van der Waals surface area contributed by atoms with Crippen molar-refractivity contribution in [3.05, 3.63) is 59.7 Å². The van der Waals surface area contributed by atoms with Crippen LogP contribution in [0.15, 0.2) is 48.5 Å². The van der Waals surface area contributed by atoms with Crippen LogP contribution in [0.25, 0.3) is 0 Å². The number of hydrogen-bond acceptors (Lipinski definition) is 5. The molecule has 36 heavy (non-hydrogen) atoms. The van der Waals surface area contributed by atoms with Gasteiger partial charge in [0.25, 0.3) is 0 Å². The average Bonchev–Trinajstić information content (AvgIpc) is 3.59. The molecule has 0 spiro atoms. The minimum atomic E-state index is -0.975. The largest absolute Gasteiger partial charge is 0.497 e. The van der Waals surface area contributed by atoms with Crippen molar-refractivity contribution in [2.75, 3.05) is 25.6 Å². The van der Waals surface area contributed by atoms with Crippen molar-refractivity contribution in [3.8, 4) is 5.75 Å². The number of nitrogens with zero attached hydrogens (tertiary/aromatic N) is 1. The molecule has 2 atom stereocenters. The molecular formula is C28H35N3O5. The van der Waals surface area contributed by atoms with Gasteiger partial charge in [-0.1, -0.05) is 42.7 Å². The van der Waals surface area contributed by atoms with Crippen LogP contribution in [0.5, 0.6) is 5.75 Å². The lowest BCUT2D eigenvalue weighted by Gasteiger charge is -2.33. The van der Waals surface area contributed by atoms with E-state index < -0.39 is 17.9 Å². The summed E-state index contributed by atoms with van der Waals surface area (Å²) in [5, 5.41) is 5.81. The first-order valence-corrected chi connectivity index (χ1v) is 12.7. The molecule has 1 aliphatic heterocycles. The first-order valence-electron chi connectivity index (χ1n) is 12.7. The number of nitrogens with one attached hydrogen (secondary N) is 2. The maximum Gasteiger partial charge on any atom is 0.313 e. The van der Waals surface area contributed by atoms with Crippen molar-refractivity contribution in [2.45, 2.75) is 63.6 Å². The number of anilines is 1. The van der Waals surface area contributed by atoms with E-state index in [-0.39, 0.29) is 24.6 Å². The van der Waals surface area contributed by atoms with E-state index in [2.05, 4.69) is 10.6 Å². The van der Waals surface area contributed by atoms with Gasteiger partial charge in [0.05, 0.1) is 13.2 Å². The monoisotopic (exact) mass is 493 g/mol. The molecule has 192 valence electrons. The molecule has 8 nitrogen and oxygen atoms in total. The van der Waals surface area contributed by atoms with Gasteiger partial charge in [-0.05, 0) is 62.4 Å². The number of ether oxygens (including phenoxy) is 2. The van der Waals surface area contributed by atoms with Crippen LogP contribution in [0.4, 0.5) is 5.69 Å². The zero-order valence-electron chi connectivity index (χ0n) is 21.0. The Kier molecular flexibility index (Phi) is 8.59. The summed E-state index contributed by atoms with van der Waals surface area (Å²) >= 11 is 0. The van der Waals surface area contributed by atoms with Crippen LogP contribution in [0, 0.1) is 6.92 Å². The Morgan fingerprint density at radius 2 is 1.69 bits per heavy atom. The van der Waals surface area contributed by atoms with Gasteiger partial charge in [0.2, 0.25) is 5.91 Å². The molecule has 2 aliphatic rings. The number of aryl methyl sites for hydroxylation is 1. The number of rotatable bonds is 8. The van der Waals surface area contributed by atoms with Gasteiger partial charge in [0, 0.05) is 24.9 Å². The van der Waals surface area contributed by atoms with Crippen molar-refractivity contribution < 1.29 is 23.9 Å². The molecule has 2 aromatic carbocycles. The highest BCUT2D eigenvalue weighted by Crippen LogP contribution is 2.28. The first-order chi connectivity index (χ1) is 17.4. The van der Waals surface area contributed by atoms with Crippen LogP contribution in [0.3, 0.4) is 0 Å². The lowest BCUT2D eigenvalue weighted by atomic mass is 10.0. The fraction of sp³-hybridized carbons (Fsp3) is 0.464. The Hall–Kier alpha value is -3.39. The number of amides is 3. The highest BCUT2D eigenvalue weighted by Gasteiger charge is 2.38. The van der Waals surface area contributed by atoms with Gasteiger partial charge < -0.3 is 25.0 Å². The third-order valence-corrected chi connectivity index (χ3v) is 6.88. The third kappa shape index (κ3) is 6.43. The van der Waals surface area contributed by atoms with Gasteiger partial charge in [-0.25, -0.2) is 0 Å². The Labute approximate surface area is 212 Å². The van der Waals surface area contributed by atoms with E-state index in [4.69, 9.17) is 9.47 Å². The fourth-order valence-electron chi connectivity index (χ4n) is 4.87. The highest BCUT2D eigenvalue weighted by atomic mass is 16.5. The Bertz CT molecular complexity index is 1040. The predicted octanol–water partition coefficient (Wildman–Crippen LogP) is 3.75. The van der Waals surface area contributed by atoms with Crippen molar-refractivity contribution in [3.63, 3.8) is 0 Å². The van der Waals surface area contributed by atoms with Gasteiger partial charge in [0.1, 0.15) is 11.8 Å². The summed E-state index contributed by atoms with van der Waals surface area (Å²) in [6.45, 7) is 2.70. The third-order valence-electron chi connectivity index (χ3n) is 6.88. The average molecular weight is 494 g/mol. The topological polar surface area (TPSA) is 97.0 Å². The Morgan fingerprint density at radius 3 is 2.31 bits per heavy atom. The van der Waals surface area contributed by atoms with Gasteiger partial charge in [0.15, 0.2) is 0 Å². The van der Waals surface area contributed by atoms with Crippen LogP contribution >= 0.6 is 0 Å². The van der Waals surface area contributed by atoms with Crippen LogP contribution in [0.2, 0.25) is 0 Å². The molecule has 2 fully saturated rings. The van der Waals surface area contributed by atoms with Gasteiger partial charge in [-0.2, -0.15) is 0 Å². The summed E-state index contributed by atoms with van der Waals surface area (Å²) in [4.78, 5) is 41.8. The molecule has 0 radical (unpaired) electrons. The maximum atomic E-state index is 13.7. The normalized spacial score (nSPS) is 18.4. The molecule has 0 unspecified atom stereocenters. The molecule has 1 saturated heterocycles. The van der Waals surface area contributed by atoms with Crippen molar-refractivity contribution in [1.29, 1.82) is 0 Å². The summed E-state index contributed by atoms with van der Waals surface area (Å²) in [7, 11) is 1.57. The number of methoxy groups -OCH3 is 1. The van der Waals surface area contributed by atoms with Crippen LogP contribution < -0.4 is 15.4 Å². The summed E-state index contributed by atoms with van der Waals surface area (Å²) in [6.07, 6.45) is 5.36. The Morgan fingerprint density at radius 1 is 1.00 bits per heavy atom. The zero-order valence-corrected chi connectivity index (χ0v) is 21.0. The molecule has 1 saturated carbocycles. The molecule has 1 heterocycles. The lowest BCUT2D eigenvalue weighted by molar-refractivity contribution is -0.149. The van der Waals surface area contributed by atoms with E-state index in [9.17, 15) is 14.4 Å². The van der Waals surface area contributed by atoms with Crippen LogP contribution in [-0.2, 0) is 19.1 Å². The molecule has 8 heteroatoms. The summed E-state index contributed by atoms with van der Waals surface area (Å²) in [5.41, 5.74) is 2.18. The van der Waals surface area contributed by atoms with E-state index in [1.165, 1.54) is 4.90 Å². The van der Waals surface area contributed by atoms with E-state index in [1.54, 1.807) is 43.5 Å². The SMILES string of the molecule is COc1ccc([C@H](C(=O)NC2CCCC2)N(C[C@@H]2CCCO2)C(=O)C(=O)Nc2ccc(C)cc2)cc1. The van der Waals surface area contributed by atoms with Crippen LogP contribution in [0.1, 0.15) is 55.7 Å². The van der Waals surface area contributed by atoms with Crippen molar-refractivity contribution in [2.24, 2.45) is 0 Å². The predicted molar refractivity (Wildman–Crippen MR) is 137 cm³/mol. The highest BCUT2D eigenvalue weighted by molar-refractivity contribution is 6.40. The standard InChI is InChI=1S/C28H35N3O5/c1-19-9-13-22(14-10-19)30-27(33)28(34)31(18-24-8-5-17-36-24)25(20-11-15-23(35-2)16-12-20)26(32)29-21-6-3-4-7-21/h9-16,21,24-25H,3-8,17-18H2,1-2H3,(H,29,32)(H,30,33)/t24-,25+/m0/s1. The first kappa shape index (κ1) is 25.7. The van der Waals surface area contributed by atoms with Crippen LogP contribution in [-0.4, -0.2) is 55.0 Å². The minimum Gasteiger partial charge on any atom is -0.497 e. The smallest absolute Gasteiger partial charge is 0.313 e. The lowest BCUT2D eigenvalue weighted by Crippen LogP contribution is -2.51. The number of carbonyl (C=O) groups excluding carboxylic acids is 3. The summed E-state index contributed by atoms with van der Waals surface area (Å²) in [6, 6.07) is 13.4. The van der Waals surface area contributed by atoms with E-state index >= 15 is 0 Å². The number of carbonyl (C=O) groups is 3. The molecule has 2 N–H and O–H groups in total. The molecule has 1 aliphatic carbocycles. The van der Waals surface area contributed by atoms with Gasteiger partial charge in [-0.3, -0.25) is 14.4 Å².